The summed E-state index contributed by atoms with van der Waals surface area (Å²) in [6, 6.07) is 0. The van der Waals surface area contributed by atoms with E-state index in [1.165, 1.54) is 0 Å². The molecule has 0 bridgehead atoms. The van der Waals surface area contributed by atoms with E-state index in [4.69, 9.17) is 25.5 Å². The van der Waals surface area contributed by atoms with Gasteiger partial charge < -0.3 is 56.2 Å². The zero-order valence-electron chi connectivity index (χ0n) is 10.8. The highest BCUT2D eigenvalue weighted by atomic mass is 16.5. The number of aliphatic hydroxyl groups excluding tert-OH is 10. The van der Waals surface area contributed by atoms with Crippen LogP contribution in [0, 0.1) is 0 Å². The molecular weight excluding hydrogens is 296 g/mol. The Morgan fingerprint density at radius 3 is 1.00 bits per heavy atom. The molecule has 0 radical (unpaired) electrons. The highest BCUT2D eigenvalue weighted by Gasteiger charge is 2.41. The molecule has 0 rings (SSSR count). The first-order valence-electron chi connectivity index (χ1n) is 5.97. The maximum Gasteiger partial charge on any atom is 0.180 e. The fourth-order valence-corrected chi connectivity index (χ4v) is 1.52. The van der Waals surface area contributed by atoms with E-state index >= 15 is 0 Å². The third-order valence-corrected chi connectivity index (χ3v) is 2.99. The van der Waals surface area contributed by atoms with E-state index in [0.29, 0.717) is 0 Å². The zero-order chi connectivity index (χ0) is 16.9. The van der Waals surface area contributed by atoms with Gasteiger partial charge in [0.1, 0.15) is 48.8 Å². The van der Waals surface area contributed by atoms with E-state index in [1.807, 2.05) is 0 Å². The molecule has 21 heavy (non-hydrogen) atoms. The van der Waals surface area contributed by atoms with Gasteiger partial charge in [-0.1, -0.05) is 0 Å². The molecule has 8 atom stereocenters. The normalized spacial score (nSPS) is 24.0. The van der Waals surface area contributed by atoms with Crippen molar-refractivity contribution in [1.82, 2.24) is 0 Å². The summed E-state index contributed by atoms with van der Waals surface area (Å²) >= 11 is 0. The Bertz CT molecular complexity index is 288. The van der Waals surface area contributed by atoms with E-state index in [1.54, 1.807) is 0 Å². The predicted octanol–water partition coefficient (Wildman–Crippen LogP) is -6.82. The molecular formula is C10H22O11. The smallest absolute Gasteiger partial charge is 0.180 e. The van der Waals surface area contributed by atoms with Crippen LogP contribution in [-0.4, -0.2) is 118 Å². The molecule has 0 aromatic rings. The summed E-state index contributed by atoms with van der Waals surface area (Å²) in [7, 11) is 0. The lowest BCUT2D eigenvalue weighted by molar-refractivity contribution is -0.208. The Kier molecular flexibility index (Phi) is 8.69. The Balaban J connectivity index is 4.79. The minimum absolute atomic E-state index is 0.957. The van der Waals surface area contributed by atoms with Crippen LogP contribution < -0.4 is 0 Å². The summed E-state index contributed by atoms with van der Waals surface area (Å²) < 4.78 is 0. The first kappa shape index (κ1) is 20.6. The minimum atomic E-state index is -2.44. The highest BCUT2D eigenvalue weighted by Crippen LogP contribution is 2.15. The fourth-order valence-electron chi connectivity index (χ4n) is 1.52. The highest BCUT2D eigenvalue weighted by molar-refractivity contribution is 4.91. The topological polar surface area (TPSA) is 223 Å². The summed E-state index contributed by atoms with van der Waals surface area (Å²) in [4.78, 5) is 0. The second-order valence-electron chi connectivity index (χ2n) is 4.60. The van der Waals surface area contributed by atoms with Gasteiger partial charge in [0, 0.05) is 0 Å². The van der Waals surface area contributed by atoms with Crippen molar-refractivity contribution in [3.8, 4) is 0 Å². The molecule has 0 saturated carbocycles. The van der Waals surface area contributed by atoms with Crippen LogP contribution in [0.3, 0.4) is 0 Å². The molecule has 0 fully saturated rings. The standard InChI is InChI=1S/C10H22O11/c11-1-2(12)3(13)4(14)5(15)6(16)7(17)8(18)9(19)10(20)21/h2-21H,1H2. The van der Waals surface area contributed by atoms with E-state index in [9.17, 15) is 30.6 Å². The Hall–Kier alpha value is -0.440. The maximum absolute atomic E-state index is 9.51. The second-order valence-corrected chi connectivity index (χ2v) is 4.60. The molecule has 11 heteroatoms. The number of aliphatic hydroxyl groups is 11. The van der Waals surface area contributed by atoms with Crippen molar-refractivity contribution >= 4 is 0 Å². The summed E-state index contributed by atoms with van der Waals surface area (Å²) in [5, 5.41) is 100. The van der Waals surface area contributed by atoms with E-state index in [2.05, 4.69) is 0 Å². The molecule has 11 N–H and O–H groups in total. The zero-order valence-corrected chi connectivity index (χ0v) is 10.8. The molecule has 0 aliphatic rings. The van der Waals surface area contributed by atoms with Crippen molar-refractivity contribution in [3.05, 3.63) is 0 Å². The number of hydrogen-bond acceptors (Lipinski definition) is 11. The maximum atomic E-state index is 9.51. The third kappa shape index (κ3) is 5.36. The van der Waals surface area contributed by atoms with Gasteiger partial charge in [0.05, 0.1) is 6.61 Å². The van der Waals surface area contributed by atoms with Gasteiger partial charge in [0.25, 0.3) is 0 Å². The van der Waals surface area contributed by atoms with Gasteiger partial charge in [-0.2, -0.15) is 0 Å². The Morgan fingerprint density at radius 1 is 0.429 bits per heavy atom. The van der Waals surface area contributed by atoms with Gasteiger partial charge in [0.15, 0.2) is 6.29 Å². The van der Waals surface area contributed by atoms with Gasteiger partial charge in [-0.05, 0) is 0 Å². The molecule has 0 aliphatic carbocycles. The molecule has 0 aliphatic heterocycles. The lowest BCUT2D eigenvalue weighted by Gasteiger charge is -2.33. The van der Waals surface area contributed by atoms with Crippen molar-refractivity contribution < 1.29 is 56.2 Å². The van der Waals surface area contributed by atoms with Crippen LogP contribution >= 0.6 is 0 Å². The van der Waals surface area contributed by atoms with Crippen LogP contribution in [0.4, 0.5) is 0 Å². The monoisotopic (exact) mass is 318 g/mol. The second kappa shape index (κ2) is 8.87. The van der Waals surface area contributed by atoms with E-state index < -0.39 is 61.7 Å². The van der Waals surface area contributed by atoms with Crippen LogP contribution in [-0.2, 0) is 0 Å². The summed E-state index contributed by atoms with van der Waals surface area (Å²) in [5.74, 6) is 0. The first-order valence-corrected chi connectivity index (χ1v) is 5.97. The van der Waals surface area contributed by atoms with Crippen molar-refractivity contribution in [1.29, 1.82) is 0 Å². The van der Waals surface area contributed by atoms with E-state index in [0.717, 1.165) is 0 Å². The minimum Gasteiger partial charge on any atom is -0.394 e. The number of rotatable bonds is 9. The summed E-state index contributed by atoms with van der Waals surface area (Å²) in [6.07, 6.45) is -20.0. The molecule has 0 spiro atoms. The van der Waals surface area contributed by atoms with Gasteiger partial charge in [-0.25, -0.2) is 0 Å². The van der Waals surface area contributed by atoms with Crippen LogP contribution in [0.5, 0.6) is 0 Å². The lowest BCUT2D eigenvalue weighted by atomic mass is 9.93. The molecule has 0 amide bonds. The lowest BCUT2D eigenvalue weighted by Crippen LogP contribution is -2.57. The van der Waals surface area contributed by atoms with Gasteiger partial charge in [-0.3, -0.25) is 0 Å². The van der Waals surface area contributed by atoms with Gasteiger partial charge >= 0.3 is 0 Å². The Morgan fingerprint density at radius 2 is 0.714 bits per heavy atom. The van der Waals surface area contributed by atoms with Crippen molar-refractivity contribution in [2.75, 3.05) is 6.61 Å². The number of hydrogen-bond donors (Lipinski definition) is 11. The third-order valence-electron chi connectivity index (χ3n) is 2.99. The molecule has 0 aromatic heterocycles. The van der Waals surface area contributed by atoms with Gasteiger partial charge in [-0.15, -0.1) is 0 Å². The molecule has 0 aromatic carbocycles. The van der Waals surface area contributed by atoms with Gasteiger partial charge in [0.2, 0.25) is 0 Å². The molecule has 0 heterocycles. The van der Waals surface area contributed by atoms with Crippen LogP contribution in [0.25, 0.3) is 0 Å². The largest absolute Gasteiger partial charge is 0.394 e. The van der Waals surface area contributed by atoms with Crippen LogP contribution in [0.15, 0.2) is 0 Å². The first-order chi connectivity index (χ1) is 9.56. The average Bonchev–Trinajstić information content (AvgIpc) is 2.48. The molecule has 11 nitrogen and oxygen atoms in total. The predicted molar refractivity (Wildman–Crippen MR) is 63.4 cm³/mol. The average molecular weight is 318 g/mol. The molecule has 8 unspecified atom stereocenters. The summed E-state index contributed by atoms with van der Waals surface area (Å²) in [6.45, 7) is -0.957. The van der Waals surface area contributed by atoms with Crippen LogP contribution in [0.1, 0.15) is 0 Å². The van der Waals surface area contributed by atoms with Crippen molar-refractivity contribution in [3.63, 3.8) is 0 Å². The van der Waals surface area contributed by atoms with Crippen LogP contribution in [0.2, 0.25) is 0 Å². The summed E-state index contributed by atoms with van der Waals surface area (Å²) in [5.41, 5.74) is 0. The Labute approximate surface area is 119 Å². The SMILES string of the molecule is OCC(O)C(O)C(O)C(O)C(O)C(O)C(O)C(O)C(O)O. The van der Waals surface area contributed by atoms with Crippen molar-refractivity contribution in [2.24, 2.45) is 0 Å². The molecule has 128 valence electrons. The molecule has 0 saturated heterocycles. The fraction of sp³-hybridized carbons (Fsp3) is 1.00. The quantitative estimate of drug-likeness (QED) is 0.179. The van der Waals surface area contributed by atoms with E-state index in [-0.39, 0.29) is 0 Å². The van der Waals surface area contributed by atoms with Crippen molar-refractivity contribution in [2.45, 2.75) is 55.1 Å².